The van der Waals surface area contributed by atoms with Gasteiger partial charge >= 0.3 is 0 Å². The molecule has 0 amide bonds. The van der Waals surface area contributed by atoms with Gasteiger partial charge < -0.3 is 4.74 Å². The lowest BCUT2D eigenvalue weighted by molar-refractivity contribution is 0.0443. The van der Waals surface area contributed by atoms with Gasteiger partial charge in [-0.1, -0.05) is 18.2 Å². The highest BCUT2D eigenvalue weighted by Gasteiger charge is 2.11. The highest BCUT2D eigenvalue weighted by atomic mass is 19.1. The van der Waals surface area contributed by atoms with Crippen LogP contribution in [0.25, 0.3) is 0 Å². The number of alkyl halides is 1. The van der Waals surface area contributed by atoms with Crippen molar-refractivity contribution < 1.29 is 9.13 Å². The summed E-state index contributed by atoms with van der Waals surface area (Å²) in [5, 5.41) is 0. The number of rotatable bonds is 9. The molecule has 3 aromatic heterocycles. The van der Waals surface area contributed by atoms with E-state index in [4.69, 9.17) is 4.74 Å². The molecule has 0 saturated heterocycles. The van der Waals surface area contributed by atoms with E-state index in [2.05, 4.69) is 19.9 Å². The van der Waals surface area contributed by atoms with E-state index >= 15 is 0 Å². The number of halogens is 1. The summed E-state index contributed by atoms with van der Waals surface area (Å²) in [6, 6.07) is 17.5. The van der Waals surface area contributed by atoms with Crippen LogP contribution in [0.3, 0.4) is 0 Å². The molecular formula is C20H21FN4O. The Labute approximate surface area is 152 Å². The zero-order valence-corrected chi connectivity index (χ0v) is 14.5. The van der Waals surface area contributed by atoms with Crippen molar-refractivity contribution >= 4 is 0 Å². The molecule has 5 nitrogen and oxygen atoms in total. The zero-order valence-electron chi connectivity index (χ0n) is 14.5. The molecule has 0 radical (unpaired) electrons. The molecular weight excluding hydrogens is 331 g/mol. The number of ether oxygens (including phenoxy) is 1. The number of nitrogens with zero attached hydrogens (tertiary/aromatic N) is 4. The molecule has 0 bridgehead atoms. The van der Waals surface area contributed by atoms with Crippen molar-refractivity contribution in [1.29, 1.82) is 0 Å². The SMILES string of the molecule is FCOCc1cccc(CN(Cc2ccccn2)Cc2ccccn2)n1. The Morgan fingerprint density at radius 3 is 1.88 bits per heavy atom. The van der Waals surface area contributed by atoms with Crippen LogP contribution in [-0.2, 0) is 31.0 Å². The van der Waals surface area contributed by atoms with Crippen LogP contribution in [0.4, 0.5) is 4.39 Å². The van der Waals surface area contributed by atoms with Gasteiger partial charge in [-0.25, -0.2) is 4.39 Å². The topological polar surface area (TPSA) is 51.1 Å². The lowest BCUT2D eigenvalue weighted by atomic mass is 10.2. The minimum atomic E-state index is -0.808. The predicted molar refractivity (Wildman–Crippen MR) is 96.4 cm³/mol. The molecule has 0 saturated carbocycles. The highest BCUT2D eigenvalue weighted by molar-refractivity contribution is 5.12. The molecule has 0 fully saturated rings. The average Bonchev–Trinajstić information content (AvgIpc) is 2.68. The molecule has 3 heterocycles. The second kappa shape index (κ2) is 9.70. The van der Waals surface area contributed by atoms with Crippen LogP contribution in [0, 0.1) is 0 Å². The first-order valence-corrected chi connectivity index (χ1v) is 8.44. The molecule has 6 heteroatoms. The first-order valence-electron chi connectivity index (χ1n) is 8.44. The normalized spacial score (nSPS) is 11.0. The smallest absolute Gasteiger partial charge is 0.188 e. The van der Waals surface area contributed by atoms with Crippen LogP contribution in [0.5, 0.6) is 0 Å². The van der Waals surface area contributed by atoms with Crippen LogP contribution in [0.2, 0.25) is 0 Å². The molecule has 0 aliphatic carbocycles. The number of hydrogen-bond donors (Lipinski definition) is 0. The fraction of sp³-hybridized carbons (Fsp3) is 0.250. The molecule has 0 aromatic carbocycles. The quantitative estimate of drug-likeness (QED) is 0.590. The molecule has 0 aliphatic heterocycles. The van der Waals surface area contributed by atoms with Crippen molar-refractivity contribution in [3.05, 3.63) is 89.8 Å². The van der Waals surface area contributed by atoms with E-state index in [0.717, 1.165) is 22.8 Å². The third kappa shape index (κ3) is 5.68. The van der Waals surface area contributed by atoms with Gasteiger partial charge in [-0.05, 0) is 36.4 Å². The van der Waals surface area contributed by atoms with E-state index in [-0.39, 0.29) is 6.61 Å². The Morgan fingerprint density at radius 2 is 1.31 bits per heavy atom. The standard InChI is InChI=1S/C20H21FN4O/c21-16-26-15-20-9-5-8-19(24-20)14-25(12-17-6-1-3-10-22-17)13-18-7-2-4-11-23-18/h1-11H,12-16H2. The lowest BCUT2D eigenvalue weighted by Crippen LogP contribution is -2.24. The Hall–Kier alpha value is -2.70. The minimum Gasteiger partial charge on any atom is -0.344 e. The van der Waals surface area contributed by atoms with Crippen molar-refractivity contribution in [2.24, 2.45) is 0 Å². The molecule has 0 spiro atoms. The summed E-state index contributed by atoms with van der Waals surface area (Å²) in [5.74, 6) is 0. The van der Waals surface area contributed by atoms with Gasteiger partial charge in [-0.2, -0.15) is 0 Å². The van der Waals surface area contributed by atoms with E-state index in [1.54, 1.807) is 12.4 Å². The van der Waals surface area contributed by atoms with Crippen LogP contribution in [0.1, 0.15) is 22.8 Å². The summed E-state index contributed by atoms with van der Waals surface area (Å²) < 4.78 is 17.0. The molecule has 3 aromatic rings. The van der Waals surface area contributed by atoms with Crippen molar-refractivity contribution in [3.63, 3.8) is 0 Å². The minimum absolute atomic E-state index is 0.171. The molecule has 3 rings (SSSR count). The van der Waals surface area contributed by atoms with Crippen molar-refractivity contribution in [3.8, 4) is 0 Å². The van der Waals surface area contributed by atoms with Crippen LogP contribution < -0.4 is 0 Å². The Morgan fingerprint density at radius 1 is 0.731 bits per heavy atom. The molecule has 0 unspecified atom stereocenters. The second-order valence-electron chi connectivity index (χ2n) is 5.87. The van der Waals surface area contributed by atoms with Gasteiger partial charge in [0.25, 0.3) is 0 Å². The molecule has 0 atom stereocenters. The first kappa shape index (κ1) is 18.1. The molecule has 0 N–H and O–H groups in total. The maximum atomic E-state index is 12.2. The van der Waals surface area contributed by atoms with Gasteiger partial charge in [-0.15, -0.1) is 0 Å². The van der Waals surface area contributed by atoms with Crippen molar-refractivity contribution in [1.82, 2.24) is 19.9 Å². The maximum absolute atomic E-state index is 12.2. The summed E-state index contributed by atoms with van der Waals surface area (Å²) in [6.07, 6.45) is 3.59. The van der Waals surface area contributed by atoms with E-state index in [1.807, 2.05) is 54.6 Å². The van der Waals surface area contributed by atoms with Gasteiger partial charge in [0.15, 0.2) is 6.86 Å². The number of pyridine rings is 3. The monoisotopic (exact) mass is 352 g/mol. The van der Waals surface area contributed by atoms with Crippen molar-refractivity contribution in [2.45, 2.75) is 26.2 Å². The van der Waals surface area contributed by atoms with Crippen molar-refractivity contribution in [2.75, 3.05) is 6.86 Å². The Kier molecular flexibility index (Phi) is 6.75. The van der Waals surface area contributed by atoms with Gasteiger partial charge in [0.05, 0.1) is 29.4 Å². The summed E-state index contributed by atoms with van der Waals surface area (Å²) in [7, 11) is 0. The lowest BCUT2D eigenvalue weighted by Gasteiger charge is -2.21. The van der Waals surface area contributed by atoms with E-state index < -0.39 is 6.86 Å². The van der Waals surface area contributed by atoms with E-state index in [0.29, 0.717) is 19.6 Å². The Bertz CT molecular complexity index is 745. The third-order valence-corrected chi connectivity index (χ3v) is 3.80. The Balaban J connectivity index is 1.74. The van der Waals surface area contributed by atoms with Gasteiger partial charge in [0.1, 0.15) is 0 Å². The fourth-order valence-corrected chi connectivity index (χ4v) is 2.68. The van der Waals surface area contributed by atoms with Crippen LogP contribution in [0.15, 0.2) is 67.0 Å². The fourth-order valence-electron chi connectivity index (χ4n) is 2.68. The van der Waals surface area contributed by atoms with E-state index in [9.17, 15) is 4.39 Å². The zero-order chi connectivity index (χ0) is 18.0. The summed E-state index contributed by atoms with van der Waals surface area (Å²) in [4.78, 5) is 15.6. The second-order valence-corrected chi connectivity index (χ2v) is 5.87. The largest absolute Gasteiger partial charge is 0.344 e. The number of hydrogen-bond acceptors (Lipinski definition) is 5. The molecule has 0 aliphatic rings. The molecule has 134 valence electrons. The third-order valence-electron chi connectivity index (χ3n) is 3.80. The highest BCUT2D eigenvalue weighted by Crippen LogP contribution is 2.12. The predicted octanol–water partition coefficient (Wildman–Crippen LogP) is 3.52. The van der Waals surface area contributed by atoms with Gasteiger partial charge in [0, 0.05) is 32.0 Å². The number of aromatic nitrogens is 3. The summed E-state index contributed by atoms with van der Waals surface area (Å²) in [6.45, 7) is 1.37. The molecule has 26 heavy (non-hydrogen) atoms. The average molecular weight is 352 g/mol. The first-order chi connectivity index (χ1) is 12.8. The maximum Gasteiger partial charge on any atom is 0.188 e. The van der Waals surface area contributed by atoms with Gasteiger partial charge in [-0.3, -0.25) is 19.9 Å². The summed E-state index contributed by atoms with van der Waals surface area (Å²) in [5.41, 5.74) is 3.59. The van der Waals surface area contributed by atoms with Crippen LogP contribution in [-0.4, -0.2) is 26.7 Å². The summed E-state index contributed by atoms with van der Waals surface area (Å²) >= 11 is 0. The van der Waals surface area contributed by atoms with Crippen LogP contribution >= 0.6 is 0 Å². The van der Waals surface area contributed by atoms with Gasteiger partial charge in [0.2, 0.25) is 0 Å². The van der Waals surface area contributed by atoms with E-state index in [1.165, 1.54) is 0 Å².